The molecule has 0 aliphatic rings. The maximum absolute atomic E-state index is 5.33. The van der Waals surface area contributed by atoms with Gasteiger partial charge in [-0.1, -0.05) is 33.8 Å². The molecule has 1 N–H and O–H groups in total. The van der Waals surface area contributed by atoms with E-state index in [9.17, 15) is 0 Å². The molecule has 0 aliphatic carbocycles. The number of terminal acetylenes is 1. The Balaban J connectivity index is 2.72. The van der Waals surface area contributed by atoms with Crippen LogP contribution in [0, 0.1) is 12.3 Å². The highest BCUT2D eigenvalue weighted by atomic mass is 15.0. The molecule has 1 atom stereocenters. The lowest BCUT2D eigenvalue weighted by Gasteiger charge is -2.20. The molecule has 1 aromatic rings. The largest absolute Gasteiger partial charge is 0.366 e. The molecule has 0 aliphatic heterocycles. The van der Waals surface area contributed by atoms with Crippen LogP contribution in [0.3, 0.4) is 0 Å². The van der Waals surface area contributed by atoms with Crippen molar-refractivity contribution in [3.05, 3.63) is 23.9 Å². The van der Waals surface area contributed by atoms with Crippen molar-refractivity contribution >= 4 is 5.82 Å². The van der Waals surface area contributed by atoms with Crippen LogP contribution >= 0.6 is 0 Å². The number of rotatable bonds is 4. The lowest BCUT2D eigenvalue weighted by Crippen LogP contribution is -2.19. The summed E-state index contributed by atoms with van der Waals surface area (Å²) >= 11 is 0. The third-order valence-electron chi connectivity index (χ3n) is 2.84. The smallest absolute Gasteiger partial charge is 0.126 e. The van der Waals surface area contributed by atoms with Crippen molar-refractivity contribution in [2.24, 2.45) is 0 Å². The Morgan fingerprint density at radius 2 is 2.12 bits per heavy atom. The molecule has 0 bridgehead atoms. The fourth-order valence-corrected chi connectivity index (χ4v) is 1.57. The molecule has 2 heteroatoms. The van der Waals surface area contributed by atoms with E-state index in [1.807, 2.05) is 12.3 Å². The lowest BCUT2D eigenvalue weighted by atomic mass is 9.88. The summed E-state index contributed by atoms with van der Waals surface area (Å²) in [5.74, 6) is 3.59. The van der Waals surface area contributed by atoms with E-state index >= 15 is 0 Å². The van der Waals surface area contributed by atoms with Crippen LogP contribution in [-0.4, -0.2) is 11.0 Å². The average Bonchev–Trinajstić information content (AvgIpc) is 2.28. The molecule has 0 saturated heterocycles. The molecule has 0 aromatic carbocycles. The molecular weight excluding hydrogens is 208 g/mol. The molecule has 1 rings (SSSR count). The fraction of sp³-hybridized carbons (Fsp3) is 0.533. The van der Waals surface area contributed by atoms with Gasteiger partial charge in [0.15, 0.2) is 0 Å². The third-order valence-corrected chi connectivity index (χ3v) is 2.84. The number of anilines is 1. The van der Waals surface area contributed by atoms with Gasteiger partial charge < -0.3 is 5.32 Å². The Kier molecular flexibility index (Phi) is 4.57. The number of hydrogen-bond acceptors (Lipinski definition) is 2. The van der Waals surface area contributed by atoms with Crippen LogP contribution in [0.15, 0.2) is 18.3 Å². The van der Waals surface area contributed by atoms with E-state index in [4.69, 9.17) is 6.42 Å². The van der Waals surface area contributed by atoms with Gasteiger partial charge in [-0.2, -0.15) is 0 Å². The van der Waals surface area contributed by atoms with E-state index in [-0.39, 0.29) is 5.41 Å². The SMILES string of the molecule is C#CCC(CC)Nc1ccc(C(C)(C)C)cn1. The normalized spacial score (nSPS) is 12.9. The van der Waals surface area contributed by atoms with E-state index in [2.05, 4.69) is 50.0 Å². The molecule has 17 heavy (non-hydrogen) atoms. The molecular formula is C15H22N2. The predicted molar refractivity (Wildman–Crippen MR) is 74.1 cm³/mol. The van der Waals surface area contributed by atoms with Crippen molar-refractivity contribution in [1.82, 2.24) is 4.98 Å². The van der Waals surface area contributed by atoms with Crippen molar-refractivity contribution in [1.29, 1.82) is 0 Å². The standard InChI is InChI=1S/C15H22N2/c1-6-8-13(7-2)17-14-10-9-12(11-16-14)15(3,4)5/h1,9-11,13H,7-8H2,2-5H3,(H,16,17). The Morgan fingerprint density at radius 1 is 1.41 bits per heavy atom. The highest BCUT2D eigenvalue weighted by Crippen LogP contribution is 2.22. The number of nitrogens with one attached hydrogen (secondary N) is 1. The summed E-state index contributed by atoms with van der Waals surface area (Å²) in [5, 5.41) is 3.35. The molecule has 0 saturated carbocycles. The van der Waals surface area contributed by atoms with Crippen LogP contribution in [0.25, 0.3) is 0 Å². The van der Waals surface area contributed by atoms with Crippen LogP contribution < -0.4 is 5.32 Å². The summed E-state index contributed by atoms with van der Waals surface area (Å²) in [4.78, 5) is 4.44. The summed E-state index contributed by atoms with van der Waals surface area (Å²) in [5.41, 5.74) is 1.39. The van der Waals surface area contributed by atoms with Crippen molar-refractivity contribution in [2.75, 3.05) is 5.32 Å². The van der Waals surface area contributed by atoms with Crippen LogP contribution in [0.4, 0.5) is 5.82 Å². The Bertz CT molecular complexity index is 379. The number of pyridine rings is 1. The molecule has 0 spiro atoms. The number of nitrogens with zero attached hydrogens (tertiary/aromatic N) is 1. The number of hydrogen-bond donors (Lipinski definition) is 1. The quantitative estimate of drug-likeness (QED) is 0.799. The first-order valence-corrected chi connectivity index (χ1v) is 6.14. The topological polar surface area (TPSA) is 24.9 Å². The van der Waals surface area contributed by atoms with E-state index in [1.54, 1.807) is 0 Å². The van der Waals surface area contributed by atoms with E-state index < -0.39 is 0 Å². The van der Waals surface area contributed by atoms with Gasteiger partial charge in [0.2, 0.25) is 0 Å². The Labute approximate surface area is 105 Å². The highest BCUT2D eigenvalue weighted by molar-refractivity contribution is 5.38. The molecule has 1 unspecified atom stereocenters. The van der Waals surface area contributed by atoms with Gasteiger partial charge in [-0.05, 0) is 23.5 Å². The monoisotopic (exact) mass is 230 g/mol. The van der Waals surface area contributed by atoms with Crippen molar-refractivity contribution in [2.45, 2.75) is 52.0 Å². The van der Waals surface area contributed by atoms with Crippen molar-refractivity contribution in [3.8, 4) is 12.3 Å². The summed E-state index contributed by atoms with van der Waals surface area (Å²) in [6.07, 6.45) is 9.01. The molecule has 1 heterocycles. The van der Waals surface area contributed by atoms with Gasteiger partial charge in [0.25, 0.3) is 0 Å². The maximum Gasteiger partial charge on any atom is 0.126 e. The molecule has 0 amide bonds. The minimum atomic E-state index is 0.147. The molecule has 0 radical (unpaired) electrons. The van der Waals surface area contributed by atoms with E-state index in [1.165, 1.54) is 5.56 Å². The van der Waals surface area contributed by atoms with Gasteiger partial charge in [0.1, 0.15) is 5.82 Å². The lowest BCUT2D eigenvalue weighted by molar-refractivity contribution is 0.587. The fourth-order valence-electron chi connectivity index (χ4n) is 1.57. The van der Waals surface area contributed by atoms with Gasteiger partial charge >= 0.3 is 0 Å². The zero-order chi connectivity index (χ0) is 12.9. The van der Waals surface area contributed by atoms with Crippen LogP contribution in [-0.2, 0) is 5.41 Å². The van der Waals surface area contributed by atoms with Crippen LogP contribution in [0.1, 0.15) is 46.1 Å². The third kappa shape index (κ3) is 4.11. The Hall–Kier alpha value is -1.49. The van der Waals surface area contributed by atoms with E-state index in [0.29, 0.717) is 6.04 Å². The summed E-state index contributed by atoms with van der Waals surface area (Å²) in [6.45, 7) is 8.68. The van der Waals surface area contributed by atoms with Crippen LogP contribution in [0.5, 0.6) is 0 Å². The van der Waals surface area contributed by atoms with Crippen molar-refractivity contribution < 1.29 is 0 Å². The first-order chi connectivity index (χ1) is 7.97. The van der Waals surface area contributed by atoms with Gasteiger partial charge in [0, 0.05) is 18.7 Å². The molecule has 0 fully saturated rings. The second kappa shape index (κ2) is 5.72. The molecule has 1 aromatic heterocycles. The van der Waals surface area contributed by atoms with Gasteiger partial charge in [-0.3, -0.25) is 0 Å². The minimum absolute atomic E-state index is 0.147. The summed E-state index contributed by atoms with van der Waals surface area (Å²) in [7, 11) is 0. The average molecular weight is 230 g/mol. The molecule has 2 nitrogen and oxygen atoms in total. The Morgan fingerprint density at radius 3 is 2.53 bits per heavy atom. The summed E-state index contributed by atoms with van der Waals surface area (Å²) in [6, 6.07) is 4.46. The zero-order valence-electron chi connectivity index (χ0n) is 11.2. The van der Waals surface area contributed by atoms with E-state index in [0.717, 1.165) is 18.7 Å². The minimum Gasteiger partial charge on any atom is -0.366 e. The second-order valence-corrected chi connectivity index (χ2v) is 5.34. The summed E-state index contributed by atoms with van der Waals surface area (Å²) < 4.78 is 0. The first kappa shape index (κ1) is 13.6. The molecule has 92 valence electrons. The zero-order valence-corrected chi connectivity index (χ0v) is 11.2. The second-order valence-electron chi connectivity index (χ2n) is 5.34. The number of aromatic nitrogens is 1. The highest BCUT2D eigenvalue weighted by Gasteiger charge is 2.14. The van der Waals surface area contributed by atoms with Gasteiger partial charge in [-0.25, -0.2) is 4.98 Å². The van der Waals surface area contributed by atoms with Crippen LogP contribution in [0.2, 0.25) is 0 Å². The van der Waals surface area contributed by atoms with Gasteiger partial charge in [-0.15, -0.1) is 12.3 Å². The predicted octanol–water partition coefficient (Wildman–Crippen LogP) is 3.59. The first-order valence-electron chi connectivity index (χ1n) is 6.14. The van der Waals surface area contributed by atoms with Crippen molar-refractivity contribution in [3.63, 3.8) is 0 Å². The maximum atomic E-state index is 5.33. The van der Waals surface area contributed by atoms with Gasteiger partial charge in [0.05, 0.1) is 0 Å².